The van der Waals surface area contributed by atoms with Gasteiger partial charge in [0.1, 0.15) is 46.0 Å². The fraction of sp³-hybridized carbons (Fsp3) is 0.562. The molecule has 3 aliphatic heterocycles. The van der Waals surface area contributed by atoms with Gasteiger partial charge in [0.25, 0.3) is 0 Å². The molecule has 0 atom stereocenters. The zero-order valence-corrected chi connectivity index (χ0v) is 85.2. The fourth-order valence-corrected chi connectivity index (χ4v) is 14.4. The van der Waals surface area contributed by atoms with Gasteiger partial charge in [-0.05, 0) is 92.6 Å². The Morgan fingerprint density at radius 2 is 0.344 bits per heavy atom. The summed E-state index contributed by atoms with van der Waals surface area (Å²) in [6, 6.07) is 24.4. The van der Waals surface area contributed by atoms with Crippen LogP contribution in [0.1, 0.15) is 214 Å². The van der Waals surface area contributed by atoms with Gasteiger partial charge in [0.05, 0.1) is 14.2 Å². The molecule has 20 nitrogen and oxygen atoms in total. The Kier molecular flexibility index (Phi) is 60.6. The molecule has 9 rings (SSSR count). The second-order valence-electron chi connectivity index (χ2n) is 38.5. The molecule has 702 valence electrons. The zero-order chi connectivity index (χ0) is 81.2. The van der Waals surface area contributed by atoms with Crippen molar-refractivity contribution in [2.45, 2.75) is 228 Å². The smallest absolute Gasteiger partial charge is 0.507 e. The maximum atomic E-state index is 11.2. The predicted octanol–water partition coefficient (Wildman–Crippen LogP) is 15.6. The Hall–Kier alpha value is -3.80. The molecule has 6 aromatic rings. The van der Waals surface area contributed by atoms with Gasteiger partial charge in [-0.15, -0.1) is 0 Å². The van der Waals surface area contributed by atoms with E-state index in [1.54, 1.807) is 14.2 Å². The normalized spacial score (nSPS) is 17.7. The topological polar surface area (TPSA) is 284 Å². The van der Waals surface area contributed by atoms with E-state index >= 15 is 0 Å². The van der Waals surface area contributed by atoms with Gasteiger partial charge in [-0.3, -0.25) is 0 Å². The first-order chi connectivity index (χ1) is 51.4. The number of hydrogen-bond donors (Lipinski definition) is 18. The van der Waals surface area contributed by atoms with Crippen LogP contribution < -0.4 is 73.3 Å². The molecule has 3 heterocycles. The maximum absolute atomic E-state index is 11.2. The van der Waals surface area contributed by atoms with Gasteiger partial charge in [-0.25, -0.2) is 0 Å². The Morgan fingerprint density at radius 3 is 0.459 bits per heavy atom. The third-order valence-corrected chi connectivity index (χ3v) is 21.1. The first-order valence-corrected chi connectivity index (χ1v) is 40.0. The summed E-state index contributed by atoms with van der Waals surface area (Å²) in [5.41, 5.74) is 15.5. The number of benzene rings is 6. The van der Waals surface area contributed by atoms with E-state index < -0.39 is 0 Å². The number of ether oxygens (including phenoxy) is 2. The summed E-state index contributed by atoms with van der Waals surface area (Å²) in [7, 11) is 3.30. The number of phenols is 6. The average Bonchev–Trinajstić information content (AvgIpc) is 0.810. The summed E-state index contributed by atoms with van der Waals surface area (Å²) in [5, 5.41) is 109. The molecule has 0 saturated heterocycles. The maximum Gasteiger partial charge on any atom is 3.00 e. The van der Waals surface area contributed by atoms with Gasteiger partial charge in [0.2, 0.25) is 0 Å². The number of hydrogen-bond acceptors (Lipinski definition) is 20. The van der Waals surface area contributed by atoms with Crippen LogP contribution in [0.3, 0.4) is 0 Å². The molecule has 12 bridgehead atoms. The molecule has 26 heteroatoms. The third kappa shape index (κ3) is 41.7. The van der Waals surface area contributed by atoms with Crippen LogP contribution in [0.25, 0.3) is 0 Å². The standard InChI is InChI=1S/C34H56N4O2.C28H44N4O4.C28H44N4O2.6CH3.6Ni/c1-31(2,3)27-11-23-15-35-19-33(7,8)21-37-17-25-13-28(32(4,5)6)14-26(30(25)40)18-38-22-34(9,10)20-36-16-24(12-27)29(23)39;1-27(2)15-29-11-19-7-23(35-5)9-21(25(19)33)13-31-17-28(3,4)18-32-14-22-10-24(36-6)8-20(26(22)34)12-30-16-27;1-19-7-21-11-29-15-27(3,4)17-31-13-23-9-20(2)10-24(26(23)34)14-32-18-28(5,6)16-30-12-22(8-19)25(21)33;;;;;;;;;;;;/h11-14,35-40H,15-22H2,1-10H3;7-10,29-34H,11-18H2,1-6H3;7-10,29-34H,11-18H2,1-6H3;6*1H3;;;;;;/q;;;6*-1;6*+3. The van der Waals surface area contributed by atoms with Crippen molar-refractivity contribution in [1.82, 2.24) is 63.8 Å². The van der Waals surface area contributed by atoms with Gasteiger partial charge in [0, 0.05) is 224 Å². The zero-order valence-electron chi connectivity index (χ0n) is 79.3. The molecule has 0 aliphatic carbocycles. The van der Waals surface area contributed by atoms with Crippen molar-refractivity contribution in [1.29, 1.82) is 0 Å². The van der Waals surface area contributed by atoms with Gasteiger partial charge < -0.3 is 148 Å². The molecular formula is C96H162N12Ni6O8+12. The van der Waals surface area contributed by atoms with Crippen LogP contribution >= 0.6 is 0 Å². The van der Waals surface area contributed by atoms with Crippen molar-refractivity contribution < 1.29 is 139 Å². The molecule has 122 heavy (non-hydrogen) atoms. The summed E-state index contributed by atoms with van der Waals surface area (Å²) in [5.74, 6) is 3.63. The quantitative estimate of drug-likeness (QED) is 0.0566. The summed E-state index contributed by atoms with van der Waals surface area (Å²) in [4.78, 5) is 0. The molecule has 18 N–H and O–H groups in total. The van der Waals surface area contributed by atoms with Gasteiger partial charge in [-0.2, -0.15) is 0 Å². The summed E-state index contributed by atoms with van der Waals surface area (Å²) in [6.45, 7) is 60.6. The SMILES string of the molecule is CC1(C)CNCc2cc(C(C)(C)C)cc(c2O)CNCC(C)(C)CNCc2cc(C(C)(C)C)cc(c2O)CNC1.COc1cc2c(O)c(c1)CNCC(C)(C)CNCc1cc(OC)cc(c1O)CNCC(C)(C)CNC2.Cc1cc2c(O)c(c1)CNCC(C)(C)CNCc1cc(C)cc(c1O)CNCC(C)(C)CNC2.[CH3-].[CH3-].[CH3-].[CH3-].[CH3-].[CH3-].[Ni+3].[Ni+3].[Ni+3].[Ni+3].[Ni+3].[Ni+3]. The van der Waals surface area contributed by atoms with Crippen molar-refractivity contribution >= 4 is 0 Å². The van der Waals surface area contributed by atoms with Crippen LogP contribution in [0, 0.1) is 90.9 Å². The van der Waals surface area contributed by atoms with E-state index in [4.69, 9.17) is 9.47 Å². The fourth-order valence-electron chi connectivity index (χ4n) is 14.4. The van der Waals surface area contributed by atoms with E-state index in [9.17, 15) is 30.6 Å². The molecular weight excluding hydrogens is 1800 g/mol. The van der Waals surface area contributed by atoms with E-state index in [0.717, 1.165) is 168 Å². The van der Waals surface area contributed by atoms with Crippen LogP contribution in [0.2, 0.25) is 0 Å². The molecule has 6 aromatic carbocycles. The monoisotopic (exact) mass is 1960 g/mol. The number of rotatable bonds is 2. The molecule has 0 unspecified atom stereocenters. The molecule has 6 radical (unpaired) electrons. The van der Waals surface area contributed by atoms with Gasteiger partial charge in [0.15, 0.2) is 0 Å². The minimum Gasteiger partial charge on any atom is -0.507 e. The van der Waals surface area contributed by atoms with Gasteiger partial charge in [-0.1, -0.05) is 184 Å². The number of nitrogens with one attached hydrogen (secondary N) is 12. The third-order valence-electron chi connectivity index (χ3n) is 21.1. The van der Waals surface area contributed by atoms with E-state index in [-0.39, 0.29) is 187 Å². The number of aryl methyl sites for hydroxylation is 2. The van der Waals surface area contributed by atoms with E-state index in [2.05, 4.69) is 251 Å². The van der Waals surface area contributed by atoms with E-state index in [1.165, 1.54) is 11.1 Å². The van der Waals surface area contributed by atoms with Crippen molar-refractivity contribution in [3.05, 3.63) is 206 Å². The van der Waals surface area contributed by atoms with E-state index in [1.807, 2.05) is 24.3 Å². The Labute approximate surface area is 802 Å². The van der Waals surface area contributed by atoms with Crippen molar-refractivity contribution in [2.75, 3.05) is 92.8 Å². The molecule has 3 aliphatic rings. The van der Waals surface area contributed by atoms with Crippen LogP contribution in [0.4, 0.5) is 0 Å². The average molecular weight is 1960 g/mol. The second kappa shape index (κ2) is 57.3. The second-order valence-corrected chi connectivity index (χ2v) is 38.5. The first-order valence-electron chi connectivity index (χ1n) is 40.0. The van der Waals surface area contributed by atoms with Crippen LogP contribution in [-0.2, 0) is 188 Å². The largest absolute Gasteiger partial charge is 3.00 e. The Bertz CT molecular complexity index is 3550. The molecule has 0 fully saturated rings. The number of methoxy groups -OCH3 is 2. The van der Waals surface area contributed by atoms with Gasteiger partial charge >= 0.3 is 98.9 Å². The van der Waals surface area contributed by atoms with Crippen molar-refractivity contribution in [2.24, 2.45) is 32.5 Å². The number of phenolic OH excluding ortho intramolecular Hbond substituents is 6. The van der Waals surface area contributed by atoms with Crippen LogP contribution in [0.15, 0.2) is 72.8 Å². The molecule has 0 aromatic heterocycles. The summed E-state index contributed by atoms with van der Waals surface area (Å²) < 4.78 is 11.0. The minimum absolute atomic E-state index is 0. The number of aromatic hydroxyl groups is 6. The van der Waals surface area contributed by atoms with Crippen LogP contribution in [-0.4, -0.2) is 123 Å². The number of fused-ring (bicyclic) bond motifs is 12. The first kappa shape index (κ1) is 129. The van der Waals surface area contributed by atoms with Crippen molar-refractivity contribution in [3.8, 4) is 46.0 Å². The summed E-state index contributed by atoms with van der Waals surface area (Å²) in [6.07, 6.45) is 0. The molecule has 0 amide bonds. The minimum atomic E-state index is -0.0514. The molecule has 0 spiro atoms. The predicted molar refractivity (Wildman–Crippen MR) is 490 cm³/mol. The Morgan fingerprint density at radius 1 is 0.230 bits per heavy atom. The van der Waals surface area contributed by atoms with E-state index in [0.29, 0.717) is 113 Å². The van der Waals surface area contributed by atoms with Crippen molar-refractivity contribution in [3.63, 3.8) is 0 Å². The summed E-state index contributed by atoms with van der Waals surface area (Å²) >= 11 is 0. The Balaban J connectivity index is -0.000000395. The molecule has 0 saturated carbocycles. The van der Waals surface area contributed by atoms with Crippen LogP contribution in [0.5, 0.6) is 46.0 Å².